The number of carbonyl (C=O) groups is 5. The van der Waals surface area contributed by atoms with Crippen molar-refractivity contribution in [2.24, 2.45) is 0 Å². The molecule has 2 unspecified atom stereocenters. The first-order chi connectivity index (χ1) is 17.5. The van der Waals surface area contributed by atoms with Crippen LogP contribution in [0.15, 0.2) is 0 Å². The molecule has 214 valence electrons. The molecule has 4 N–H and O–H groups in total. The topological polar surface area (TPSA) is 160 Å². The lowest BCUT2D eigenvalue weighted by atomic mass is 10.1. The largest absolute Gasteiger partial charge is 0.464 e. The van der Waals surface area contributed by atoms with E-state index >= 15 is 0 Å². The fraction of sp³-hybridized carbons (Fsp3) is 0.808. The molecule has 0 rings (SSSR count). The molecule has 0 aromatic carbocycles. The molecule has 0 aliphatic rings. The summed E-state index contributed by atoms with van der Waals surface area (Å²) in [5.74, 6) is -2.98. The van der Waals surface area contributed by atoms with Crippen molar-refractivity contribution in [2.75, 3.05) is 6.61 Å². The Kier molecular flexibility index (Phi) is 18.0. The van der Waals surface area contributed by atoms with Crippen LogP contribution in [0.5, 0.6) is 0 Å². The summed E-state index contributed by atoms with van der Waals surface area (Å²) in [6, 6.07) is -3.24. The number of rotatable bonds is 19. The molecule has 0 saturated heterocycles. The van der Waals surface area contributed by atoms with Crippen LogP contribution in [0.4, 0.5) is 0 Å². The van der Waals surface area contributed by atoms with E-state index in [1.165, 1.54) is 6.92 Å². The van der Waals surface area contributed by atoms with E-state index in [0.29, 0.717) is 12.8 Å². The Morgan fingerprint density at radius 2 is 1.43 bits per heavy atom. The summed E-state index contributed by atoms with van der Waals surface area (Å²) in [5.41, 5.74) is 0. The van der Waals surface area contributed by atoms with Gasteiger partial charge in [0.25, 0.3) is 0 Å². The van der Waals surface area contributed by atoms with Gasteiger partial charge in [-0.2, -0.15) is 0 Å². The van der Waals surface area contributed by atoms with E-state index in [9.17, 15) is 29.1 Å². The molecule has 0 heterocycles. The van der Waals surface area contributed by atoms with Crippen molar-refractivity contribution in [1.82, 2.24) is 16.0 Å². The molecule has 37 heavy (non-hydrogen) atoms. The molecule has 5 atom stereocenters. The third-order valence-corrected chi connectivity index (χ3v) is 5.63. The number of unbranched alkanes of at least 4 members (excludes halogenated alkanes) is 1. The molecule has 11 nitrogen and oxygen atoms in total. The lowest BCUT2D eigenvalue weighted by molar-refractivity contribution is -0.149. The minimum Gasteiger partial charge on any atom is -0.464 e. The molecule has 3 amide bonds. The minimum absolute atomic E-state index is 0.119. The maximum atomic E-state index is 12.9. The average molecular weight is 530 g/mol. The number of carbonyl (C=O) groups excluding carboxylic acids is 5. The third kappa shape index (κ3) is 14.6. The highest BCUT2D eigenvalue weighted by molar-refractivity contribution is 5.94. The predicted molar refractivity (Wildman–Crippen MR) is 138 cm³/mol. The Morgan fingerprint density at radius 1 is 0.784 bits per heavy atom. The first-order valence-electron chi connectivity index (χ1n) is 13.4. The van der Waals surface area contributed by atoms with Crippen LogP contribution in [-0.4, -0.2) is 71.7 Å². The maximum Gasteiger partial charge on any atom is 0.328 e. The standard InChI is InChI=1S/C26H47N3O8/c1-7-11-16-36-26(35)19(10-4)28-25(34)23(18(6)30)29-24(33)20(13-9-3)27-21(31)14-15-22(32)37-17(5)12-8-2/h17-20,23,30H,7-16H2,1-6H3,(H,27,31)(H,28,34)(H,29,33)/t17?,18?,19-,20-,23-/m0/s1. The third-order valence-electron chi connectivity index (χ3n) is 5.63. The fourth-order valence-electron chi connectivity index (χ4n) is 3.45. The minimum atomic E-state index is -1.35. The van der Waals surface area contributed by atoms with Crippen LogP contribution in [0, 0.1) is 0 Å². The molecular formula is C26H47N3O8. The van der Waals surface area contributed by atoms with Gasteiger partial charge in [-0.15, -0.1) is 0 Å². The lowest BCUT2D eigenvalue weighted by Gasteiger charge is -2.26. The van der Waals surface area contributed by atoms with Crippen molar-refractivity contribution >= 4 is 29.7 Å². The van der Waals surface area contributed by atoms with Crippen LogP contribution in [0.2, 0.25) is 0 Å². The van der Waals surface area contributed by atoms with Gasteiger partial charge in [-0.1, -0.05) is 47.0 Å². The zero-order valence-electron chi connectivity index (χ0n) is 23.3. The van der Waals surface area contributed by atoms with Crippen LogP contribution >= 0.6 is 0 Å². The lowest BCUT2D eigenvalue weighted by Crippen LogP contribution is -2.59. The van der Waals surface area contributed by atoms with Gasteiger partial charge in [0, 0.05) is 6.42 Å². The predicted octanol–water partition coefficient (Wildman–Crippen LogP) is 1.89. The summed E-state index contributed by atoms with van der Waals surface area (Å²) in [7, 11) is 0. The van der Waals surface area contributed by atoms with Gasteiger partial charge in [-0.25, -0.2) is 4.79 Å². The molecule has 0 aliphatic carbocycles. The van der Waals surface area contributed by atoms with Crippen molar-refractivity contribution in [3.8, 4) is 0 Å². The van der Waals surface area contributed by atoms with Gasteiger partial charge in [-0.05, 0) is 39.5 Å². The molecule has 0 aromatic heterocycles. The number of nitrogens with one attached hydrogen (secondary N) is 3. The van der Waals surface area contributed by atoms with E-state index < -0.39 is 53.9 Å². The number of aliphatic hydroxyl groups excluding tert-OH is 1. The van der Waals surface area contributed by atoms with E-state index in [2.05, 4.69) is 16.0 Å². The highest BCUT2D eigenvalue weighted by Gasteiger charge is 2.32. The van der Waals surface area contributed by atoms with Gasteiger partial charge in [0.05, 0.1) is 25.2 Å². The van der Waals surface area contributed by atoms with Crippen molar-refractivity contribution in [2.45, 2.75) is 130 Å². The monoisotopic (exact) mass is 529 g/mol. The zero-order valence-corrected chi connectivity index (χ0v) is 23.3. The molecule has 0 bridgehead atoms. The number of esters is 2. The second kappa shape index (κ2) is 19.4. The van der Waals surface area contributed by atoms with Gasteiger partial charge >= 0.3 is 11.9 Å². The van der Waals surface area contributed by atoms with Gasteiger partial charge in [0.15, 0.2) is 0 Å². The SMILES string of the molecule is CCCCOC(=O)[C@H](CC)NC(=O)[C@@H](NC(=O)[C@H](CCC)NC(=O)CCC(=O)OC(C)CCC)C(C)O. The summed E-state index contributed by atoms with van der Waals surface area (Å²) in [6.45, 7) is 10.8. The molecule has 0 aromatic rings. The van der Waals surface area contributed by atoms with Crippen molar-refractivity contribution < 1.29 is 38.6 Å². The van der Waals surface area contributed by atoms with E-state index in [1.54, 1.807) is 13.8 Å². The highest BCUT2D eigenvalue weighted by atomic mass is 16.5. The van der Waals surface area contributed by atoms with Crippen LogP contribution in [0.3, 0.4) is 0 Å². The quantitative estimate of drug-likeness (QED) is 0.146. The van der Waals surface area contributed by atoms with Crippen LogP contribution in [0.25, 0.3) is 0 Å². The van der Waals surface area contributed by atoms with Crippen molar-refractivity contribution in [1.29, 1.82) is 0 Å². The van der Waals surface area contributed by atoms with Crippen molar-refractivity contribution in [3.63, 3.8) is 0 Å². The van der Waals surface area contributed by atoms with Gasteiger partial charge in [0.1, 0.15) is 18.1 Å². The van der Waals surface area contributed by atoms with E-state index in [4.69, 9.17) is 9.47 Å². The Labute approximate surface area is 220 Å². The number of ether oxygens (including phenoxy) is 2. The van der Waals surface area contributed by atoms with E-state index in [-0.39, 0.29) is 38.4 Å². The summed E-state index contributed by atoms with van der Waals surface area (Å²) in [6.07, 6.45) is 2.50. The van der Waals surface area contributed by atoms with E-state index in [0.717, 1.165) is 19.3 Å². The Hall–Kier alpha value is -2.69. The molecule has 11 heteroatoms. The first kappa shape index (κ1) is 34.3. The fourth-order valence-corrected chi connectivity index (χ4v) is 3.45. The molecule has 0 fully saturated rings. The Bertz CT molecular complexity index is 729. The molecule has 0 spiro atoms. The smallest absolute Gasteiger partial charge is 0.328 e. The summed E-state index contributed by atoms with van der Waals surface area (Å²) >= 11 is 0. The molecule has 0 radical (unpaired) electrons. The second-order valence-electron chi connectivity index (χ2n) is 9.22. The van der Waals surface area contributed by atoms with E-state index in [1.807, 2.05) is 20.8 Å². The Morgan fingerprint density at radius 3 is 1.97 bits per heavy atom. The summed E-state index contributed by atoms with van der Waals surface area (Å²) in [5, 5.41) is 17.7. The number of hydrogen-bond donors (Lipinski definition) is 4. The molecular weight excluding hydrogens is 482 g/mol. The number of aliphatic hydroxyl groups is 1. The second-order valence-corrected chi connectivity index (χ2v) is 9.22. The average Bonchev–Trinajstić information content (AvgIpc) is 2.83. The normalized spacial score (nSPS) is 14.9. The molecule has 0 saturated carbocycles. The highest BCUT2D eigenvalue weighted by Crippen LogP contribution is 2.06. The van der Waals surface area contributed by atoms with Gasteiger partial charge in [0.2, 0.25) is 17.7 Å². The Balaban J connectivity index is 5.07. The summed E-state index contributed by atoms with van der Waals surface area (Å²) in [4.78, 5) is 62.3. The van der Waals surface area contributed by atoms with Crippen LogP contribution in [0.1, 0.15) is 99.3 Å². The van der Waals surface area contributed by atoms with Crippen LogP contribution in [-0.2, 0) is 33.4 Å². The van der Waals surface area contributed by atoms with Crippen LogP contribution < -0.4 is 16.0 Å². The number of amides is 3. The maximum absolute atomic E-state index is 12.9. The van der Waals surface area contributed by atoms with Gasteiger partial charge in [-0.3, -0.25) is 19.2 Å². The van der Waals surface area contributed by atoms with Gasteiger partial charge < -0.3 is 30.5 Å². The zero-order chi connectivity index (χ0) is 28.4. The van der Waals surface area contributed by atoms with Crippen molar-refractivity contribution in [3.05, 3.63) is 0 Å². The first-order valence-corrected chi connectivity index (χ1v) is 13.4. The number of hydrogen-bond acceptors (Lipinski definition) is 8. The summed E-state index contributed by atoms with van der Waals surface area (Å²) < 4.78 is 10.4. The molecule has 0 aliphatic heterocycles.